The Morgan fingerprint density at radius 2 is 2.04 bits per heavy atom. The molecule has 1 aromatic heterocycles. The van der Waals surface area contributed by atoms with Crippen LogP contribution in [0.1, 0.15) is 16.9 Å². The van der Waals surface area contributed by atoms with E-state index in [-0.39, 0.29) is 5.91 Å². The van der Waals surface area contributed by atoms with Gasteiger partial charge in [-0.15, -0.1) is 0 Å². The van der Waals surface area contributed by atoms with Crippen molar-refractivity contribution < 1.29 is 14.1 Å². The fourth-order valence-corrected chi connectivity index (χ4v) is 3.77. The zero-order chi connectivity index (χ0) is 16.4. The summed E-state index contributed by atoms with van der Waals surface area (Å²) < 4.78 is 10.6. The van der Waals surface area contributed by atoms with Gasteiger partial charge in [-0.3, -0.25) is 4.79 Å². The van der Waals surface area contributed by atoms with Gasteiger partial charge in [-0.05, 0) is 18.6 Å². The Bertz CT molecular complexity index is 674. The number of nitrogens with zero attached hydrogens (tertiary/aromatic N) is 3. The van der Waals surface area contributed by atoms with Gasteiger partial charge in [0.1, 0.15) is 6.26 Å². The zero-order valence-corrected chi connectivity index (χ0v) is 13.5. The van der Waals surface area contributed by atoms with Crippen LogP contribution >= 0.6 is 0 Å². The Morgan fingerprint density at radius 3 is 2.83 bits per heavy atom. The number of para-hydroxylation sites is 1. The van der Waals surface area contributed by atoms with Gasteiger partial charge >= 0.3 is 0 Å². The van der Waals surface area contributed by atoms with Gasteiger partial charge in [0.2, 0.25) is 0 Å². The maximum Gasteiger partial charge on any atom is 0.276 e. The summed E-state index contributed by atoms with van der Waals surface area (Å²) in [4.78, 5) is 16.8. The van der Waals surface area contributed by atoms with Crippen LogP contribution in [0.25, 0.3) is 0 Å². The number of fused-ring (bicyclic) bond motifs is 1. The SMILES string of the molecule is O=C(c1ccon1)N1CC[C@H]2[C@@H](COCCN2c2ccccc2)C1. The third kappa shape index (κ3) is 2.89. The first-order valence-electron chi connectivity index (χ1n) is 8.42. The van der Waals surface area contributed by atoms with Crippen LogP contribution in [-0.2, 0) is 4.74 Å². The van der Waals surface area contributed by atoms with Gasteiger partial charge in [-0.1, -0.05) is 23.4 Å². The minimum atomic E-state index is -0.0577. The zero-order valence-electron chi connectivity index (χ0n) is 13.5. The lowest BCUT2D eigenvalue weighted by atomic mass is 9.91. The Labute approximate surface area is 141 Å². The molecule has 6 nitrogen and oxygen atoms in total. The number of anilines is 1. The standard InChI is InChI=1S/C18H21N3O3/c22-18(16-7-10-24-19-16)20-8-6-17-14(12-20)13-23-11-9-21(17)15-4-2-1-3-5-15/h1-5,7,10,14,17H,6,8-9,11-13H2/t14-,17+/m1/s1. The highest BCUT2D eigenvalue weighted by Gasteiger charge is 2.37. The molecule has 0 radical (unpaired) electrons. The molecular weight excluding hydrogens is 306 g/mol. The van der Waals surface area contributed by atoms with E-state index in [0.717, 1.165) is 26.1 Å². The molecule has 2 saturated heterocycles. The number of aromatic nitrogens is 1. The molecule has 3 heterocycles. The molecule has 0 unspecified atom stereocenters. The number of hydrogen-bond acceptors (Lipinski definition) is 5. The Morgan fingerprint density at radius 1 is 1.17 bits per heavy atom. The average Bonchev–Trinajstić information content (AvgIpc) is 3.08. The van der Waals surface area contributed by atoms with Crippen molar-refractivity contribution in [2.24, 2.45) is 5.92 Å². The van der Waals surface area contributed by atoms with Crippen molar-refractivity contribution in [3.8, 4) is 0 Å². The Balaban J connectivity index is 1.52. The van der Waals surface area contributed by atoms with E-state index in [1.165, 1.54) is 12.0 Å². The molecule has 6 heteroatoms. The van der Waals surface area contributed by atoms with E-state index in [0.29, 0.717) is 30.8 Å². The number of amides is 1. The summed E-state index contributed by atoms with van der Waals surface area (Å²) >= 11 is 0. The van der Waals surface area contributed by atoms with Crippen molar-refractivity contribution >= 4 is 11.6 Å². The molecule has 4 rings (SSSR count). The minimum absolute atomic E-state index is 0.0577. The van der Waals surface area contributed by atoms with Gasteiger partial charge in [0.15, 0.2) is 5.69 Å². The maximum absolute atomic E-state index is 12.5. The summed E-state index contributed by atoms with van der Waals surface area (Å²) in [6, 6.07) is 12.5. The Hall–Kier alpha value is -2.34. The fourth-order valence-electron chi connectivity index (χ4n) is 3.77. The normalized spacial score (nSPS) is 24.3. The summed E-state index contributed by atoms with van der Waals surface area (Å²) in [5.74, 6) is 0.245. The number of piperidine rings is 1. The first kappa shape index (κ1) is 15.2. The van der Waals surface area contributed by atoms with Crippen LogP contribution in [0, 0.1) is 5.92 Å². The van der Waals surface area contributed by atoms with Crippen LogP contribution in [0.3, 0.4) is 0 Å². The van der Waals surface area contributed by atoms with Crippen molar-refractivity contribution in [3.05, 3.63) is 48.4 Å². The van der Waals surface area contributed by atoms with E-state index in [4.69, 9.17) is 9.26 Å². The smallest absolute Gasteiger partial charge is 0.276 e. The molecule has 126 valence electrons. The van der Waals surface area contributed by atoms with Crippen molar-refractivity contribution in [1.82, 2.24) is 10.1 Å². The molecule has 0 N–H and O–H groups in total. The minimum Gasteiger partial charge on any atom is -0.379 e. The van der Waals surface area contributed by atoms with E-state index in [1.807, 2.05) is 11.0 Å². The van der Waals surface area contributed by atoms with Crippen molar-refractivity contribution in [2.75, 3.05) is 37.7 Å². The molecule has 2 atom stereocenters. The molecule has 24 heavy (non-hydrogen) atoms. The molecule has 0 bridgehead atoms. The van der Waals surface area contributed by atoms with Crippen molar-refractivity contribution in [1.29, 1.82) is 0 Å². The van der Waals surface area contributed by atoms with Gasteiger partial charge in [0, 0.05) is 43.3 Å². The lowest BCUT2D eigenvalue weighted by Crippen LogP contribution is -2.53. The second kappa shape index (κ2) is 6.65. The number of rotatable bonds is 2. The molecule has 2 aliphatic heterocycles. The number of ether oxygens (including phenoxy) is 1. The van der Waals surface area contributed by atoms with Crippen LogP contribution in [0.4, 0.5) is 5.69 Å². The topological polar surface area (TPSA) is 58.8 Å². The van der Waals surface area contributed by atoms with E-state index in [2.05, 4.69) is 34.3 Å². The molecule has 0 saturated carbocycles. The Kier molecular flexibility index (Phi) is 4.21. The van der Waals surface area contributed by atoms with Crippen molar-refractivity contribution in [2.45, 2.75) is 12.5 Å². The molecule has 2 aliphatic rings. The largest absolute Gasteiger partial charge is 0.379 e. The molecule has 1 amide bonds. The van der Waals surface area contributed by atoms with Crippen LogP contribution in [0.5, 0.6) is 0 Å². The van der Waals surface area contributed by atoms with Gasteiger partial charge in [0.25, 0.3) is 5.91 Å². The summed E-state index contributed by atoms with van der Waals surface area (Å²) in [5, 5.41) is 3.77. The quantitative estimate of drug-likeness (QED) is 0.845. The predicted molar refractivity (Wildman–Crippen MR) is 88.9 cm³/mol. The average molecular weight is 327 g/mol. The van der Waals surface area contributed by atoms with Gasteiger partial charge in [-0.2, -0.15) is 0 Å². The van der Waals surface area contributed by atoms with E-state index >= 15 is 0 Å². The molecule has 2 aromatic rings. The van der Waals surface area contributed by atoms with Gasteiger partial charge in [0.05, 0.1) is 13.2 Å². The highest BCUT2D eigenvalue weighted by molar-refractivity contribution is 5.92. The summed E-state index contributed by atoms with van der Waals surface area (Å²) in [6.07, 6.45) is 2.37. The number of carbonyl (C=O) groups excluding carboxylic acids is 1. The summed E-state index contributed by atoms with van der Waals surface area (Å²) in [5.41, 5.74) is 1.61. The molecule has 0 aliphatic carbocycles. The first-order chi connectivity index (χ1) is 11.8. The predicted octanol–water partition coefficient (Wildman–Crippen LogP) is 2.04. The first-order valence-corrected chi connectivity index (χ1v) is 8.42. The molecule has 1 aromatic carbocycles. The van der Waals surface area contributed by atoms with E-state index in [1.54, 1.807) is 6.07 Å². The monoisotopic (exact) mass is 327 g/mol. The second-order valence-electron chi connectivity index (χ2n) is 6.36. The second-order valence-corrected chi connectivity index (χ2v) is 6.36. The lowest BCUT2D eigenvalue weighted by molar-refractivity contribution is 0.0513. The molecule has 0 spiro atoms. The van der Waals surface area contributed by atoms with Crippen LogP contribution in [0.15, 0.2) is 47.2 Å². The van der Waals surface area contributed by atoms with E-state index in [9.17, 15) is 4.79 Å². The molecular formula is C18H21N3O3. The van der Waals surface area contributed by atoms with Gasteiger partial charge in [-0.25, -0.2) is 0 Å². The number of benzene rings is 1. The lowest BCUT2D eigenvalue weighted by Gasteiger charge is -2.42. The summed E-state index contributed by atoms with van der Waals surface area (Å²) in [6.45, 7) is 3.73. The maximum atomic E-state index is 12.5. The third-order valence-electron chi connectivity index (χ3n) is 4.93. The highest BCUT2D eigenvalue weighted by Crippen LogP contribution is 2.29. The van der Waals surface area contributed by atoms with Crippen LogP contribution < -0.4 is 4.90 Å². The van der Waals surface area contributed by atoms with Crippen molar-refractivity contribution in [3.63, 3.8) is 0 Å². The fraction of sp³-hybridized carbons (Fsp3) is 0.444. The number of hydrogen-bond donors (Lipinski definition) is 0. The van der Waals surface area contributed by atoms with Gasteiger partial charge < -0.3 is 19.1 Å². The van der Waals surface area contributed by atoms with Crippen LogP contribution in [0.2, 0.25) is 0 Å². The number of likely N-dealkylation sites (tertiary alicyclic amines) is 1. The third-order valence-corrected chi connectivity index (χ3v) is 4.93. The summed E-state index contributed by atoms with van der Waals surface area (Å²) in [7, 11) is 0. The number of carbonyl (C=O) groups is 1. The van der Waals surface area contributed by atoms with E-state index < -0.39 is 0 Å². The van der Waals surface area contributed by atoms with Crippen LogP contribution in [-0.4, -0.2) is 54.9 Å². The molecule has 2 fully saturated rings. The highest BCUT2D eigenvalue weighted by atomic mass is 16.5.